The maximum atomic E-state index is 8.91. The number of hydrogen-bond donors (Lipinski definition) is 2. The minimum atomic E-state index is 0.219. The van der Waals surface area contributed by atoms with Crippen molar-refractivity contribution in [2.24, 2.45) is 5.41 Å². The molecule has 2 rings (SSSR count). The zero-order chi connectivity index (χ0) is 14.6. The second-order valence-electron chi connectivity index (χ2n) is 6.32. The predicted molar refractivity (Wildman–Crippen MR) is 85.2 cm³/mol. The van der Waals surface area contributed by atoms with Gasteiger partial charge in [0.05, 0.1) is 0 Å². The van der Waals surface area contributed by atoms with E-state index in [1.54, 1.807) is 0 Å². The molecule has 1 aliphatic heterocycles. The van der Waals surface area contributed by atoms with E-state index >= 15 is 0 Å². The Morgan fingerprint density at radius 1 is 1.45 bits per heavy atom. The van der Waals surface area contributed by atoms with Crippen LogP contribution in [0.5, 0.6) is 5.75 Å². The van der Waals surface area contributed by atoms with E-state index in [0.717, 1.165) is 42.6 Å². The molecule has 0 spiro atoms. The van der Waals surface area contributed by atoms with Crippen molar-refractivity contribution in [3.63, 3.8) is 0 Å². The number of halogens is 1. The zero-order valence-electron chi connectivity index (χ0n) is 12.3. The van der Waals surface area contributed by atoms with Gasteiger partial charge >= 0.3 is 0 Å². The van der Waals surface area contributed by atoms with Crippen LogP contribution in [0.25, 0.3) is 0 Å². The Hall–Kier alpha value is -0.580. The van der Waals surface area contributed by atoms with Crippen LogP contribution >= 0.6 is 15.9 Å². The number of rotatable bonds is 7. The standard InChI is InChI=1S/C16H24BrNO2/c1-16(2,6-3-7-19)11-18-10-14-9-12-8-13(17)4-5-15(12)20-14/h4-5,8,14,18-19H,3,6-7,9-11H2,1-2H3. The fourth-order valence-corrected chi connectivity index (χ4v) is 3.03. The second-order valence-corrected chi connectivity index (χ2v) is 7.23. The quantitative estimate of drug-likeness (QED) is 0.800. The summed E-state index contributed by atoms with van der Waals surface area (Å²) >= 11 is 3.50. The Kier molecular flexibility index (Phi) is 5.47. The Morgan fingerprint density at radius 3 is 3.00 bits per heavy atom. The third-order valence-corrected chi connectivity index (χ3v) is 4.24. The molecule has 112 valence electrons. The lowest BCUT2D eigenvalue weighted by molar-refractivity contribution is 0.205. The molecule has 1 atom stereocenters. The van der Waals surface area contributed by atoms with Crippen molar-refractivity contribution >= 4 is 15.9 Å². The van der Waals surface area contributed by atoms with Gasteiger partial charge in [-0.25, -0.2) is 0 Å². The SMILES string of the molecule is CC(C)(CCCO)CNCC1Cc2cc(Br)ccc2O1. The van der Waals surface area contributed by atoms with Crippen molar-refractivity contribution in [2.45, 2.75) is 39.2 Å². The molecule has 20 heavy (non-hydrogen) atoms. The third kappa shape index (κ3) is 4.47. The van der Waals surface area contributed by atoms with Crippen LogP contribution in [0.2, 0.25) is 0 Å². The number of fused-ring (bicyclic) bond motifs is 1. The van der Waals surface area contributed by atoms with Crippen molar-refractivity contribution in [2.75, 3.05) is 19.7 Å². The Labute approximate surface area is 129 Å². The summed E-state index contributed by atoms with van der Waals surface area (Å²) in [5.74, 6) is 1.01. The number of ether oxygens (including phenoxy) is 1. The average Bonchev–Trinajstić information content (AvgIpc) is 2.78. The summed E-state index contributed by atoms with van der Waals surface area (Å²) in [5.41, 5.74) is 1.50. The lowest BCUT2D eigenvalue weighted by Gasteiger charge is -2.25. The summed E-state index contributed by atoms with van der Waals surface area (Å²) in [6, 6.07) is 6.19. The molecular weight excluding hydrogens is 318 g/mol. The van der Waals surface area contributed by atoms with Gasteiger partial charge in [0.2, 0.25) is 0 Å². The molecular formula is C16H24BrNO2. The first-order valence-electron chi connectivity index (χ1n) is 7.27. The number of benzene rings is 1. The molecule has 0 amide bonds. The van der Waals surface area contributed by atoms with Gasteiger partial charge in [-0.3, -0.25) is 0 Å². The molecule has 0 saturated heterocycles. The van der Waals surface area contributed by atoms with Crippen LogP contribution in [0.1, 0.15) is 32.3 Å². The maximum Gasteiger partial charge on any atom is 0.123 e. The third-order valence-electron chi connectivity index (χ3n) is 3.75. The molecule has 2 N–H and O–H groups in total. The van der Waals surface area contributed by atoms with E-state index in [1.807, 2.05) is 12.1 Å². The first kappa shape index (κ1) is 15.8. The van der Waals surface area contributed by atoms with Crippen LogP contribution < -0.4 is 10.1 Å². The number of nitrogens with one attached hydrogen (secondary N) is 1. The zero-order valence-corrected chi connectivity index (χ0v) is 13.9. The molecule has 1 heterocycles. The molecule has 3 nitrogen and oxygen atoms in total. The van der Waals surface area contributed by atoms with E-state index in [9.17, 15) is 0 Å². The Bertz CT molecular complexity index is 448. The van der Waals surface area contributed by atoms with E-state index in [0.29, 0.717) is 0 Å². The van der Waals surface area contributed by atoms with Gasteiger partial charge in [-0.2, -0.15) is 0 Å². The monoisotopic (exact) mass is 341 g/mol. The largest absolute Gasteiger partial charge is 0.488 e. The molecule has 4 heteroatoms. The van der Waals surface area contributed by atoms with Crippen LogP contribution in [0.4, 0.5) is 0 Å². The van der Waals surface area contributed by atoms with Crippen molar-refractivity contribution in [3.05, 3.63) is 28.2 Å². The highest BCUT2D eigenvalue weighted by molar-refractivity contribution is 9.10. The normalized spacial score (nSPS) is 17.9. The van der Waals surface area contributed by atoms with Crippen molar-refractivity contribution in [1.82, 2.24) is 5.32 Å². The van der Waals surface area contributed by atoms with E-state index < -0.39 is 0 Å². The first-order valence-corrected chi connectivity index (χ1v) is 8.06. The molecule has 0 radical (unpaired) electrons. The van der Waals surface area contributed by atoms with Gasteiger partial charge in [-0.15, -0.1) is 0 Å². The number of aliphatic hydroxyl groups excluding tert-OH is 1. The minimum absolute atomic E-state index is 0.219. The van der Waals surface area contributed by atoms with Crippen molar-refractivity contribution in [1.29, 1.82) is 0 Å². The molecule has 1 unspecified atom stereocenters. The topological polar surface area (TPSA) is 41.5 Å². The summed E-state index contributed by atoms with van der Waals surface area (Å²) in [5, 5.41) is 12.4. The highest BCUT2D eigenvalue weighted by Gasteiger charge is 2.24. The molecule has 0 aromatic heterocycles. The first-order chi connectivity index (χ1) is 9.50. The molecule has 0 aliphatic carbocycles. The van der Waals surface area contributed by atoms with Gasteiger partial charge in [0.1, 0.15) is 11.9 Å². The minimum Gasteiger partial charge on any atom is -0.488 e. The van der Waals surface area contributed by atoms with Gasteiger partial charge in [-0.1, -0.05) is 29.8 Å². The lowest BCUT2D eigenvalue weighted by Crippen LogP contribution is -2.36. The van der Waals surface area contributed by atoms with Gasteiger partial charge < -0.3 is 15.2 Å². The number of aliphatic hydroxyl groups is 1. The molecule has 1 aromatic rings. The Morgan fingerprint density at radius 2 is 2.25 bits per heavy atom. The summed E-state index contributed by atoms with van der Waals surface area (Å²) in [6.45, 7) is 6.56. The summed E-state index contributed by atoms with van der Waals surface area (Å²) in [7, 11) is 0. The molecule has 1 aromatic carbocycles. The molecule has 0 saturated carbocycles. The summed E-state index contributed by atoms with van der Waals surface area (Å²) in [6.07, 6.45) is 3.11. The van der Waals surface area contributed by atoms with E-state index in [-0.39, 0.29) is 18.1 Å². The molecule has 1 aliphatic rings. The van der Waals surface area contributed by atoms with Crippen molar-refractivity contribution < 1.29 is 9.84 Å². The fraction of sp³-hybridized carbons (Fsp3) is 0.625. The summed E-state index contributed by atoms with van der Waals surface area (Å²) in [4.78, 5) is 0. The van der Waals surface area contributed by atoms with Crippen LogP contribution in [-0.2, 0) is 6.42 Å². The highest BCUT2D eigenvalue weighted by Crippen LogP contribution is 2.31. The van der Waals surface area contributed by atoms with Gasteiger partial charge in [-0.05, 0) is 42.0 Å². The van der Waals surface area contributed by atoms with Crippen LogP contribution in [-0.4, -0.2) is 30.9 Å². The van der Waals surface area contributed by atoms with Gasteiger partial charge in [0, 0.05) is 30.6 Å². The Balaban J connectivity index is 1.74. The lowest BCUT2D eigenvalue weighted by atomic mass is 9.88. The molecule has 0 fully saturated rings. The number of hydrogen-bond acceptors (Lipinski definition) is 3. The van der Waals surface area contributed by atoms with E-state index in [2.05, 4.69) is 41.2 Å². The van der Waals surface area contributed by atoms with Crippen LogP contribution in [0, 0.1) is 5.41 Å². The van der Waals surface area contributed by atoms with Gasteiger partial charge in [0.25, 0.3) is 0 Å². The van der Waals surface area contributed by atoms with Crippen molar-refractivity contribution in [3.8, 4) is 5.75 Å². The van der Waals surface area contributed by atoms with Gasteiger partial charge in [0.15, 0.2) is 0 Å². The second kappa shape index (κ2) is 6.92. The maximum absolute atomic E-state index is 8.91. The highest BCUT2D eigenvalue weighted by atomic mass is 79.9. The predicted octanol–water partition coefficient (Wildman–Crippen LogP) is 3.14. The van der Waals surface area contributed by atoms with E-state index in [4.69, 9.17) is 9.84 Å². The van der Waals surface area contributed by atoms with Crippen LogP contribution in [0.15, 0.2) is 22.7 Å². The average molecular weight is 342 g/mol. The van der Waals surface area contributed by atoms with E-state index in [1.165, 1.54) is 5.56 Å². The fourth-order valence-electron chi connectivity index (χ4n) is 2.62. The smallest absolute Gasteiger partial charge is 0.123 e. The van der Waals surface area contributed by atoms with Crippen LogP contribution in [0.3, 0.4) is 0 Å². The summed E-state index contributed by atoms with van der Waals surface area (Å²) < 4.78 is 7.04. The molecule has 0 bridgehead atoms.